The molecule has 1 aromatic carbocycles. The number of methoxy groups -OCH3 is 1. The van der Waals surface area contributed by atoms with E-state index in [-0.39, 0.29) is 11.8 Å². The maximum atomic E-state index is 11.3. The summed E-state index contributed by atoms with van der Waals surface area (Å²) in [5.41, 5.74) is 8.17. The number of rotatable bonds is 3. The van der Waals surface area contributed by atoms with E-state index < -0.39 is 5.97 Å². The first-order valence-electron chi connectivity index (χ1n) is 5.62. The van der Waals surface area contributed by atoms with E-state index in [9.17, 15) is 4.79 Å². The minimum absolute atomic E-state index is 0.163. The first-order valence-corrected chi connectivity index (χ1v) is 5.62. The van der Waals surface area contributed by atoms with Gasteiger partial charge in [0.1, 0.15) is 5.76 Å². The summed E-state index contributed by atoms with van der Waals surface area (Å²) in [6.45, 7) is 2.00. The van der Waals surface area contributed by atoms with Crippen molar-refractivity contribution in [2.75, 3.05) is 7.11 Å². The van der Waals surface area contributed by atoms with Crippen LogP contribution < -0.4 is 5.73 Å². The topological polar surface area (TPSA) is 65.5 Å². The minimum atomic E-state index is -0.502. The molecule has 4 heteroatoms. The summed E-state index contributed by atoms with van der Waals surface area (Å²) in [5.74, 6) is 0.203. The molecule has 0 aliphatic rings. The van der Waals surface area contributed by atoms with Crippen molar-refractivity contribution in [1.82, 2.24) is 0 Å². The SMILES string of the molecule is COC(=O)c1ccc(C(N)c2cccc(C)c2)o1. The quantitative estimate of drug-likeness (QED) is 0.843. The van der Waals surface area contributed by atoms with Gasteiger partial charge < -0.3 is 14.9 Å². The number of hydrogen-bond acceptors (Lipinski definition) is 4. The lowest BCUT2D eigenvalue weighted by atomic mass is 10.0. The molecule has 2 aromatic rings. The van der Waals surface area contributed by atoms with E-state index in [4.69, 9.17) is 10.2 Å². The van der Waals surface area contributed by atoms with Crippen LogP contribution in [0.1, 0.15) is 33.5 Å². The van der Waals surface area contributed by atoms with E-state index in [1.165, 1.54) is 7.11 Å². The molecule has 0 spiro atoms. The molecule has 94 valence electrons. The van der Waals surface area contributed by atoms with Gasteiger partial charge in [0.2, 0.25) is 5.76 Å². The van der Waals surface area contributed by atoms with Crippen molar-refractivity contribution in [2.45, 2.75) is 13.0 Å². The molecule has 4 nitrogen and oxygen atoms in total. The second kappa shape index (κ2) is 5.06. The maximum absolute atomic E-state index is 11.3. The van der Waals surface area contributed by atoms with Crippen LogP contribution in [0, 0.1) is 6.92 Å². The van der Waals surface area contributed by atoms with Gasteiger partial charge in [0.25, 0.3) is 0 Å². The Kier molecular flexibility index (Phi) is 3.48. The number of nitrogens with two attached hydrogens (primary N) is 1. The van der Waals surface area contributed by atoms with Gasteiger partial charge in [-0.25, -0.2) is 4.79 Å². The first kappa shape index (κ1) is 12.4. The highest BCUT2D eigenvalue weighted by Gasteiger charge is 2.16. The van der Waals surface area contributed by atoms with Gasteiger partial charge in [-0.05, 0) is 24.6 Å². The maximum Gasteiger partial charge on any atom is 0.373 e. The van der Waals surface area contributed by atoms with Crippen molar-refractivity contribution in [1.29, 1.82) is 0 Å². The Bertz CT molecular complexity index is 560. The van der Waals surface area contributed by atoms with E-state index in [1.54, 1.807) is 12.1 Å². The molecular formula is C14H15NO3. The predicted octanol–water partition coefficient (Wildman–Crippen LogP) is 2.42. The highest BCUT2D eigenvalue weighted by atomic mass is 16.5. The molecule has 0 aliphatic heterocycles. The van der Waals surface area contributed by atoms with Crippen LogP contribution in [0.25, 0.3) is 0 Å². The van der Waals surface area contributed by atoms with Crippen LogP contribution in [0.2, 0.25) is 0 Å². The molecule has 1 heterocycles. The van der Waals surface area contributed by atoms with Gasteiger partial charge >= 0.3 is 5.97 Å². The van der Waals surface area contributed by atoms with Crippen molar-refractivity contribution >= 4 is 5.97 Å². The van der Waals surface area contributed by atoms with E-state index in [1.807, 2.05) is 31.2 Å². The molecule has 18 heavy (non-hydrogen) atoms. The average Bonchev–Trinajstić information content (AvgIpc) is 2.86. The third kappa shape index (κ3) is 2.43. The van der Waals surface area contributed by atoms with Gasteiger partial charge in [-0.3, -0.25) is 0 Å². The summed E-state index contributed by atoms with van der Waals surface area (Å²) in [4.78, 5) is 11.3. The van der Waals surface area contributed by atoms with Crippen LogP contribution in [-0.2, 0) is 4.74 Å². The molecule has 0 amide bonds. The van der Waals surface area contributed by atoms with Crippen LogP contribution in [0.15, 0.2) is 40.8 Å². The number of carbonyl (C=O) groups excluding carboxylic acids is 1. The molecular weight excluding hydrogens is 230 g/mol. The summed E-state index contributed by atoms with van der Waals surface area (Å²) >= 11 is 0. The van der Waals surface area contributed by atoms with Crippen LogP contribution in [-0.4, -0.2) is 13.1 Å². The number of benzene rings is 1. The number of aryl methyl sites for hydroxylation is 1. The first-order chi connectivity index (χ1) is 8.61. The molecule has 0 saturated heterocycles. The Morgan fingerprint density at radius 1 is 1.33 bits per heavy atom. The summed E-state index contributed by atoms with van der Waals surface area (Å²) in [6, 6.07) is 10.7. The number of esters is 1. The molecule has 1 atom stereocenters. The fraction of sp³-hybridized carbons (Fsp3) is 0.214. The highest BCUT2D eigenvalue weighted by molar-refractivity contribution is 5.86. The van der Waals surface area contributed by atoms with Crippen molar-refractivity contribution in [3.8, 4) is 0 Å². The van der Waals surface area contributed by atoms with Crippen molar-refractivity contribution in [2.24, 2.45) is 5.73 Å². The molecule has 0 saturated carbocycles. The van der Waals surface area contributed by atoms with Gasteiger partial charge in [0, 0.05) is 0 Å². The van der Waals surface area contributed by atoms with Crippen LogP contribution in [0.4, 0.5) is 0 Å². The van der Waals surface area contributed by atoms with Gasteiger partial charge in [0.05, 0.1) is 13.2 Å². The van der Waals surface area contributed by atoms with Gasteiger partial charge in [-0.1, -0.05) is 29.8 Å². The van der Waals surface area contributed by atoms with Gasteiger partial charge in [-0.2, -0.15) is 0 Å². The normalized spacial score (nSPS) is 12.2. The number of ether oxygens (including phenoxy) is 1. The molecule has 2 N–H and O–H groups in total. The van der Waals surface area contributed by atoms with Crippen LogP contribution in [0.5, 0.6) is 0 Å². The fourth-order valence-electron chi connectivity index (χ4n) is 1.76. The third-order valence-electron chi connectivity index (χ3n) is 2.72. The third-order valence-corrected chi connectivity index (χ3v) is 2.72. The Labute approximate surface area is 105 Å². The monoisotopic (exact) mass is 245 g/mol. The van der Waals surface area contributed by atoms with Crippen LogP contribution in [0.3, 0.4) is 0 Å². The lowest BCUT2D eigenvalue weighted by Crippen LogP contribution is -2.11. The average molecular weight is 245 g/mol. The Hall–Kier alpha value is -2.07. The Morgan fingerprint density at radius 2 is 2.11 bits per heavy atom. The highest BCUT2D eigenvalue weighted by Crippen LogP contribution is 2.22. The largest absolute Gasteiger partial charge is 0.463 e. The van der Waals surface area contributed by atoms with E-state index in [0.717, 1.165) is 11.1 Å². The van der Waals surface area contributed by atoms with E-state index in [0.29, 0.717) is 5.76 Å². The zero-order valence-corrected chi connectivity index (χ0v) is 10.3. The molecule has 2 rings (SSSR count). The minimum Gasteiger partial charge on any atom is -0.463 e. The van der Waals surface area contributed by atoms with Crippen LogP contribution >= 0.6 is 0 Å². The summed E-state index contributed by atoms with van der Waals surface area (Å²) in [5, 5.41) is 0. The zero-order chi connectivity index (χ0) is 13.1. The summed E-state index contributed by atoms with van der Waals surface area (Å²) < 4.78 is 9.97. The molecule has 0 fully saturated rings. The van der Waals surface area contributed by atoms with Crippen molar-refractivity contribution in [3.63, 3.8) is 0 Å². The number of hydrogen-bond donors (Lipinski definition) is 1. The second-order valence-electron chi connectivity index (χ2n) is 4.09. The Morgan fingerprint density at radius 3 is 2.78 bits per heavy atom. The van der Waals surface area contributed by atoms with E-state index >= 15 is 0 Å². The lowest BCUT2D eigenvalue weighted by Gasteiger charge is -2.09. The second-order valence-corrected chi connectivity index (χ2v) is 4.09. The fourth-order valence-corrected chi connectivity index (χ4v) is 1.76. The zero-order valence-electron chi connectivity index (χ0n) is 10.3. The number of furan rings is 1. The summed E-state index contributed by atoms with van der Waals surface area (Å²) in [6.07, 6.45) is 0. The van der Waals surface area contributed by atoms with Crippen molar-refractivity contribution in [3.05, 3.63) is 59.0 Å². The molecule has 1 aromatic heterocycles. The van der Waals surface area contributed by atoms with Gasteiger partial charge in [0.15, 0.2) is 0 Å². The number of carbonyl (C=O) groups is 1. The smallest absolute Gasteiger partial charge is 0.373 e. The molecule has 1 unspecified atom stereocenters. The van der Waals surface area contributed by atoms with Crippen molar-refractivity contribution < 1.29 is 13.9 Å². The van der Waals surface area contributed by atoms with E-state index in [2.05, 4.69) is 4.74 Å². The molecule has 0 bridgehead atoms. The standard InChI is InChI=1S/C14H15NO3/c1-9-4-3-5-10(8-9)13(15)11-6-7-12(18-11)14(16)17-2/h3-8,13H,15H2,1-2H3. The Balaban J connectivity index is 2.26. The predicted molar refractivity (Wildman–Crippen MR) is 67.3 cm³/mol. The van der Waals surface area contributed by atoms with Gasteiger partial charge in [-0.15, -0.1) is 0 Å². The molecule has 0 radical (unpaired) electrons. The lowest BCUT2D eigenvalue weighted by molar-refractivity contribution is 0.0562. The molecule has 0 aliphatic carbocycles. The summed E-state index contributed by atoms with van der Waals surface area (Å²) in [7, 11) is 1.31.